The van der Waals surface area contributed by atoms with Crippen molar-refractivity contribution in [1.82, 2.24) is 10.2 Å². The predicted octanol–water partition coefficient (Wildman–Crippen LogP) is 4.92. The zero-order chi connectivity index (χ0) is 23.0. The fourth-order valence-corrected chi connectivity index (χ4v) is 4.22. The molecule has 2 amide bonds. The summed E-state index contributed by atoms with van der Waals surface area (Å²) in [4.78, 5) is 26.6. The van der Waals surface area contributed by atoms with Crippen LogP contribution >= 0.6 is 58.8 Å². The monoisotopic (exact) mass is 524 g/mol. The van der Waals surface area contributed by atoms with Crippen molar-refractivity contribution in [2.75, 3.05) is 20.3 Å². The van der Waals surface area contributed by atoms with Gasteiger partial charge in [0.1, 0.15) is 10.1 Å². The number of ether oxygens (including phenoxy) is 2. The molecule has 1 fully saturated rings. The van der Waals surface area contributed by atoms with Crippen molar-refractivity contribution in [3.05, 3.63) is 34.7 Å². The number of rotatable bonds is 10. The third-order valence-corrected chi connectivity index (χ3v) is 6.07. The molecule has 1 saturated heterocycles. The second kappa shape index (κ2) is 12.3. The zero-order valence-corrected chi connectivity index (χ0v) is 20.9. The number of nitrogens with zero attached hydrogens (tertiary/aromatic N) is 1. The van der Waals surface area contributed by atoms with E-state index < -0.39 is 10.0 Å². The van der Waals surface area contributed by atoms with E-state index in [1.54, 1.807) is 42.4 Å². The molecule has 6 nitrogen and oxygen atoms in total. The molecule has 11 heteroatoms. The topological polar surface area (TPSA) is 67.9 Å². The molecule has 0 unspecified atom stereocenters. The number of thioether (sulfide) groups is 1. The molecule has 1 aromatic rings. The lowest BCUT2D eigenvalue weighted by Gasteiger charge is -2.26. The molecule has 0 spiro atoms. The van der Waals surface area contributed by atoms with Crippen molar-refractivity contribution < 1.29 is 19.1 Å². The maximum Gasteiger partial charge on any atom is 0.266 e. The van der Waals surface area contributed by atoms with Crippen LogP contribution in [-0.4, -0.2) is 51.3 Å². The summed E-state index contributed by atoms with van der Waals surface area (Å²) < 4.78 is 9.37. The lowest BCUT2D eigenvalue weighted by atomic mass is 10.2. The quantitative estimate of drug-likeness (QED) is 0.154. The van der Waals surface area contributed by atoms with Gasteiger partial charge in [-0.2, -0.15) is 0 Å². The Bertz CT molecular complexity index is 829. The number of hydrogen-bond donors (Lipinski definition) is 1. The fraction of sp³-hybridized carbons (Fsp3) is 0.450. The smallest absolute Gasteiger partial charge is 0.266 e. The third kappa shape index (κ3) is 8.11. The minimum absolute atomic E-state index is 0.124. The minimum Gasteiger partial charge on any atom is -0.466 e. The Balaban J connectivity index is 2.06. The summed E-state index contributed by atoms with van der Waals surface area (Å²) in [5.74, 6) is 0.00157. The molecule has 31 heavy (non-hydrogen) atoms. The molecule has 2 rings (SSSR count). The first kappa shape index (κ1) is 26.2. The molecule has 0 saturated carbocycles. The van der Waals surface area contributed by atoms with Crippen LogP contribution in [0.1, 0.15) is 31.7 Å². The fourth-order valence-electron chi connectivity index (χ4n) is 2.61. The van der Waals surface area contributed by atoms with Gasteiger partial charge in [0.05, 0.1) is 4.91 Å². The average Bonchev–Trinajstić information content (AvgIpc) is 2.96. The summed E-state index contributed by atoms with van der Waals surface area (Å²) in [7, 11) is 1.62. The number of amides is 2. The van der Waals surface area contributed by atoms with Crippen molar-refractivity contribution in [1.29, 1.82) is 0 Å². The average molecular weight is 526 g/mol. The third-order valence-electron chi connectivity index (χ3n) is 4.10. The first-order valence-electron chi connectivity index (χ1n) is 9.52. The predicted molar refractivity (Wildman–Crippen MR) is 131 cm³/mol. The van der Waals surface area contributed by atoms with Crippen LogP contribution in [-0.2, 0) is 14.3 Å². The van der Waals surface area contributed by atoms with Crippen molar-refractivity contribution in [3.8, 4) is 5.75 Å². The van der Waals surface area contributed by atoms with E-state index in [9.17, 15) is 9.59 Å². The van der Waals surface area contributed by atoms with Gasteiger partial charge in [0.25, 0.3) is 5.91 Å². The molecule has 1 N–H and O–H groups in total. The number of halogens is 3. The molecular weight excluding hydrogens is 503 g/mol. The van der Waals surface area contributed by atoms with E-state index in [1.807, 2.05) is 6.92 Å². The Kier molecular flexibility index (Phi) is 10.4. The molecule has 1 aliphatic heterocycles. The molecule has 0 bridgehead atoms. The lowest BCUT2D eigenvalue weighted by molar-refractivity contribution is -0.124. The number of carbonyl (C=O) groups excluding carboxylic acids is 2. The van der Waals surface area contributed by atoms with E-state index in [4.69, 9.17) is 56.5 Å². The maximum absolute atomic E-state index is 12.6. The highest BCUT2D eigenvalue weighted by molar-refractivity contribution is 8.26. The largest absolute Gasteiger partial charge is 0.466 e. The van der Waals surface area contributed by atoms with Gasteiger partial charge >= 0.3 is 0 Å². The van der Waals surface area contributed by atoms with Crippen LogP contribution < -0.4 is 10.1 Å². The Morgan fingerprint density at radius 3 is 2.58 bits per heavy atom. The van der Waals surface area contributed by atoms with Crippen molar-refractivity contribution in [3.63, 3.8) is 0 Å². The molecule has 1 atom stereocenters. The van der Waals surface area contributed by atoms with E-state index >= 15 is 0 Å². The van der Waals surface area contributed by atoms with Gasteiger partial charge in [0.15, 0.2) is 0 Å². The molecule has 1 heterocycles. The van der Waals surface area contributed by atoms with E-state index in [0.717, 1.165) is 5.56 Å². The van der Waals surface area contributed by atoms with Crippen LogP contribution in [0.2, 0.25) is 0 Å². The molecular formula is C20H23Cl3N2O4S2. The van der Waals surface area contributed by atoms with Gasteiger partial charge in [-0.1, -0.05) is 77.8 Å². The number of methoxy groups -OCH3 is 1. The highest BCUT2D eigenvalue weighted by atomic mass is 35.6. The van der Waals surface area contributed by atoms with E-state index in [1.165, 1.54) is 11.8 Å². The van der Waals surface area contributed by atoms with Gasteiger partial charge in [-0.25, -0.2) is 0 Å². The normalized spacial score (nSPS) is 16.7. The zero-order valence-electron chi connectivity index (χ0n) is 17.0. The number of nitrogens with one attached hydrogen (secondary N) is 1. The van der Waals surface area contributed by atoms with Gasteiger partial charge in [-0.05, 0) is 36.6 Å². The number of alkyl halides is 3. The summed E-state index contributed by atoms with van der Waals surface area (Å²) in [6.07, 6.45) is 2.27. The second-order valence-electron chi connectivity index (χ2n) is 6.61. The first-order chi connectivity index (χ1) is 14.7. The summed E-state index contributed by atoms with van der Waals surface area (Å²) in [5.41, 5.74) is 0.783. The van der Waals surface area contributed by atoms with Crippen molar-refractivity contribution in [2.45, 2.75) is 36.2 Å². The van der Waals surface area contributed by atoms with Gasteiger partial charge in [0.2, 0.25) is 15.9 Å². The van der Waals surface area contributed by atoms with E-state index in [0.29, 0.717) is 47.4 Å². The molecule has 1 aromatic carbocycles. The van der Waals surface area contributed by atoms with Crippen LogP contribution in [0.15, 0.2) is 29.2 Å². The molecule has 0 aliphatic carbocycles. The molecule has 1 aliphatic rings. The Morgan fingerprint density at radius 2 is 2.00 bits per heavy atom. The molecule has 0 aromatic heterocycles. The first-order valence-corrected chi connectivity index (χ1v) is 11.9. The minimum atomic E-state index is -1.85. The Morgan fingerprint density at radius 1 is 1.32 bits per heavy atom. The van der Waals surface area contributed by atoms with Gasteiger partial charge in [-0.15, -0.1) is 0 Å². The van der Waals surface area contributed by atoms with E-state index in [-0.39, 0.29) is 11.8 Å². The Labute approximate surface area is 206 Å². The SMILES string of the molecule is CCCC(=O)N[C@@H](Oc1ccc(/C=C2\SC(=S)N(CCCOC)C2=O)cc1)C(Cl)(Cl)Cl. The summed E-state index contributed by atoms with van der Waals surface area (Å²) >= 11 is 24.4. The second-order valence-corrected chi connectivity index (χ2v) is 10.7. The van der Waals surface area contributed by atoms with Crippen LogP contribution in [0.4, 0.5) is 0 Å². The summed E-state index contributed by atoms with van der Waals surface area (Å²) in [6.45, 7) is 2.95. The van der Waals surface area contributed by atoms with Gasteiger partial charge in [-0.3, -0.25) is 14.5 Å². The highest BCUT2D eigenvalue weighted by Gasteiger charge is 2.36. The number of hydrogen-bond acceptors (Lipinski definition) is 6. The number of carbonyl (C=O) groups is 2. The summed E-state index contributed by atoms with van der Waals surface area (Å²) in [6, 6.07) is 6.85. The lowest BCUT2D eigenvalue weighted by Crippen LogP contribution is -2.47. The Hall–Kier alpha value is -1.03. The van der Waals surface area contributed by atoms with Gasteiger partial charge < -0.3 is 14.8 Å². The summed E-state index contributed by atoms with van der Waals surface area (Å²) in [5, 5.41) is 2.57. The molecule has 0 radical (unpaired) electrons. The van der Waals surface area contributed by atoms with Crippen LogP contribution in [0.5, 0.6) is 5.75 Å². The van der Waals surface area contributed by atoms with Crippen LogP contribution in [0.3, 0.4) is 0 Å². The van der Waals surface area contributed by atoms with E-state index in [2.05, 4.69) is 5.32 Å². The van der Waals surface area contributed by atoms with Crippen molar-refractivity contribution >= 4 is 81.0 Å². The number of thiocarbonyl (C=S) groups is 1. The van der Waals surface area contributed by atoms with Gasteiger partial charge in [0, 0.05) is 26.7 Å². The standard InChI is InChI=1S/C20H23Cl3N2O4S2/c1-3-5-16(26)24-18(20(21,22)23)29-14-8-6-13(7-9-14)12-15-17(27)25(19(30)31-15)10-4-11-28-2/h6-9,12,18H,3-5,10-11H2,1-2H3,(H,24,26)/b15-12-/t18-/m0/s1. The highest BCUT2D eigenvalue weighted by Crippen LogP contribution is 2.34. The number of benzene rings is 1. The van der Waals surface area contributed by atoms with Crippen LogP contribution in [0, 0.1) is 0 Å². The maximum atomic E-state index is 12.6. The van der Waals surface area contributed by atoms with Crippen LogP contribution in [0.25, 0.3) is 6.08 Å². The molecule has 170 valence electrons. The van der Waals surface area contributed by atoms with Crippen molar-refractivity contribution in [2.24, 2.45) is 0 Å².